The summed E-state index contributed by atoms with van der Waals surface area (Å²) in [5, 5.41) is 2.19. The van der Waals surface area contributed by atoms with E-state index in [1.54, 1.807) is 12.4 Å². The number of aromatic nitrogens is 3. The van der Waals surface area contributed by atoms with Crippen LogP contribution in [0.3, 0.4) is 0 Å². The van der Waals surface area contributed by atoms with Gasteiger partial charge in [-0.2, -0.15) is 0 Å². The fraction of sp³-hybridized carbons (Fsp3) is 0.188. The van der Waals surface area contributed by atoms with Gasteiger partial charge < -0.3 is 5.73 Å². The third kappa shape index (κ3) is 2.14. The van der Waals surface area contributed by atoms with E-state index < -0.39 is 0 Å². The van der Waals surface area contributed by atoms with Gasteiger partial charge in [0.25, 0.3) is 0 Å². The molecule has 0 bridgehead atoms. The van der Waals surface area contributed by atoms with Gasteiger partial charge in [0.2, 0.25) is 0 Å². The van der Waals surface area contributed by atoms with Crippen LogP contribution in [0.1, 0.15) is 24.2 Å². The number of benzene rings is 1. The van der Waals surface area contributed by atoms with Gasteiger partial charge in [-0.25, -0.2) is 9.97 Å². The highest BCUT2D eigenvalue weighted by molar-refractivity contribution is 5.92. The maximum absolute atomic E-state index is 5.90. The maximum Gasteiger partial charge on any atom is 0.179 e. The normalized spacial score (nSPS) is 12.6. The van der Waals surface area contributed by atoms with Gasteiger partial charge in [-0.1, -0.05) is 24.3 Å². The van der Waals surface area contributed by atoms with Crippen molar-refractivity contribution in [1.82, 2.24) is 15.0 Å². The first-order valence-corrected chi connectivity index (χ1v) is 6.60. The number of rotatable bonds is 2. The van der Waals surface area contributed by atoms with Crippen LogP contribution in [-0.2, 0) is 0 Å². The summed E-state index contributed by atoms with van der Waals surface area (Å²) in [6.45, 7) is 3.89. The molecule has 0 saturated heterocycles. The first kappa shape index (κ1) is 12.7. The number of nitrogens with zero attached hydrogens (tertiary/aromatic N) is 3. The Morgan fingerprint density at radius 1 is 1.10 bits per heavy atom. The molecule has 20 heavy (non-hydrogen) atoms. The van der Waals surface area contributed by atoms with Crippen molar-refractivity contribution in [2.24, 2.45) is 5.73 Å². The molecule has 0 radical (unpaired) electrons. The molecule has 3 rings (SSSR count). The van der Waals surface area contributed by atoms with Crippen LogP contribution in [0.2, 0.25) is 0 Å². The highest BCUT2D eigenvalue weighted by atomic mass is 14.9. The predicted octanol–water partition coefficient (Wildman–Crippen LogP) is 3.02. The van der Waals surface area contributed by atoms with E-state index in [-0.39, 0.29) is 6.04 Å². The molecule has 4 nitrogen and oxygen atoms in total. The molecule has 2 aromatic heterocycles. The van der Waals surface area contributed by atoms with Crippen molar-refractivity contribution >= 4 is 10.8 Å². The molecule has 0 spiro atoms. The summed E-state index contributed by atoms with van der Waals surface area (Å²) in [4.78, 5) is 13.4. The summed E-state index contributed by atoms with van der Waals surface area (Å²) in [5.74, 6) is 0.642. The standard InChI is InChI=1S/C16H16N4/c1-10(17)14-9-19-16(20-11(14)2)15-13-6-4-3-5-12(13)7-8-18-15/h3-10H,17H2,1-2H3/t10-/m1/s1. The first-order valence-electron chi connectivity index (χ1n) is 6.60. The Hall–Kier alpha value is -2.33. The minimum Gasteiger partial charge on any atom is -0.324 e. The Morgan fingerprint density at radius 2 is 1.90 bits per heavy atom. The number of fused-ring (bicyclic) bond motifs is 1. The number of pyridine rings is 1. The summed E-state index contributed by atoms with van der Waals surface area (Å²) < 4.78 is 0. The average molecular weight is 264 g/mol. The smallest absolute Gasteiger partial charge is 0.179 e. The van der Waals surface area contributed by atoms with E-state index in [9.17, 15) is 0 Å². The van der Waals surface area contributed by atoms with Crippen LogP contribution >= 0.6 is 0 Å². The van der Waals surface area contributed by atoms with Gasteiger partial charge in [0.15, 0.2) is 5.82 Å². The minimum atomic E-state index is -0.0653. The van der Waals surface area contributed by atoms with Gasteiger partial charge >= 0.3 is 0 Å². The monoisotopic (exact) mass is 264 g/mol. The van der Waals surface area contributed by atoms with Gasteiger partial charge in [0, 0.05) is 35.1 Å². The predicted molar refractivity (Wildman–Crippen MR) is 80.1 cm³/mol. The number of aryl methyl sites for hydroxylation is 1. The molecule has 2 heterocycles. The van der Waals surface area contributed by atoms with Gasteiger partial charge in [-0.15, -0.1) is 0 Å². The van der Waals surface area contributed by atoms with Gasteiger partial charge in [-0.05, 0) is 25.3 Å². The van der Waals surface area contributed by atoms with E-state index in [1.807, 2.05) is 38.1 Å². The van der Waals surface area contributed by atoms with Crippen LogP contribution in [0, 0.1) is 6.92 Å². The zero-order valence-corrected chi connectivity index (χ0v) is 11.5. The summed E-state index contributed by atoms with van der Waals surface area (Å²) in [6, 6.07) is 10.0. The van der Waals surface area contributed by atoms with Crippen LogP contribution in [0.5, 0.6) is 0 Å². The van der Waals surface area contributed by atoms with Crippen molar-refractivity contribution < 1.29 is 0 Å². The second-order valence-electron chi connectivity index (χ2n) is 4.90. The van der Waals surface area contributed by atoms with Crippen molar-refractivity contribution in [2.75, 3.05) is 0 Å². The number of nitrogens with two attached hydrogens (primary N) is 1. The number of hydrogen-bond acceptors (Lipinski definition) is 4. The van der Waals surface area contributed by atoms with Crippen LogP contribution in [0.15, 0.2) is 42.7 Å². The Kier molecular flexibility index (Phi) is 3.16. The van der Waals surface area contributed by atoms with Crippen LogP contribution < -0.4 is 5.73 Å². The molecule has 0 aliphatic heterocycles. The van der Waals surface area contributed by atoms with E-state index >= 15 is 0 Å². The summed E-state index contributed by atoms with van der Waals surface area (Å²) in [7, 11) is 0. The Morgan fingerprint density at radius 3 is 2.65 bits per heavy atom. The van der Waals surface area contributed by atoms with Crippen molar-refractivity contribution in [1.29, 1.82) is 0 Å². The zero-order chi connectivity index (χ0) is 14.1. The number of hydrogen-bond donors (Lipinski definition) is 1. The van der Waals surface area contributed by atoms with Crippen molar-refractivity contribution in [3.8, 4) is 11.5 Å². The molecular weight excluding hydrogens is 248 g/mol. The lowest BCUT2D eigenvalue weighted by Crippen LogP contribution is -2.09. The fourth-order valence-electron chi connectivity index (χ4n) is 2.34. The van der Waals surface area contributed by atoms with E-state index in [2.05, 4.69) is 21.0 Å². The highest BCUT2D eigenvalue weighted by Crippen LogP contribution is 2.24. The van der Waals surface area contributed by atoms with Crippen LogP contribution in [0.4, 0.5) is 0 Å². The second kappa shape index (κ2) is 4.98. The Bertz CT molecular complexity index is 760. The maximum atomic E-state index is 5.90. The van der Waals surface area contributed by atoms with Crippen molar-refractivity contribution in [3.05, 3.63) is 54.0 Å². The molecule has 3 aromatic rings. The van der Waals surface area contributed by atoms with Crippen LogP contribution in [-0.4, -0.2) is 15.0 Å². The lowest BCUT2D eigenvalue weighted by atomic mass is 10.1. The van der Waals surface area contributed by atoms with Crippen LogP contribution in [0.25, 0.3) is 22.3 Å². The molecule has 0 amide bonds. The first-order chi connectivity index (χ1) is 9.66. The van der Waals surface area contributed by atoms with E-state index in [0.29, 0.717) is 5.82 Å². The molecule has 0 saturated carbocycles. The molecule has 0 unspecified atom stereocenters. The van der Waals surface area contributed by atoms with Crippen molar-refractivity contribution in [2.45, 2.75) is 19.9 Å². The largest absolute Gasteiger partial charge is 0.324 e. The molecule has 1 aromatic carbocycles. The Labute approximate surface area is 117 Å². The summed E-state index contributed by atoms with van der Waals surface area (Å²) >= 11 is 0. The van der Waals surface area contributed by atoms with E-state index in [4.69, 9.17) is 5.73 Å². The van der Waals surface area contributed by atoms with Gasteiger partial charge in [0.1, 0.15) is 5.69 Å². The quantitative estimate of drug-likeness (QED) is 0.772. The molecular formula is C16H16N4. The second-order valence-corrected chi connectivity index (χ2v) is 4.90. The highest BCUT2D eigenvalue weighted by Gasteiger charge is 2.11. The topological polar surface area (TPSA) is 64.7 Å². The average Bonchev–Trinajstić information content (AvgIpc) is 2.46. The molecule has 0 aliphatic rings. The third-order valence-corrected chi connectivity index (χ3v) is 3.39. The molecule has 0 aliphatic carbocycles. The lowest BCUT2D eigenvalue weighted by Gasteiger charge is -2.10. The summed E-state index contributed by atoms with van der Waals surface area (Å²) in [6.07, 6.45) is 3.58. The lowest BCUT2D eigenvalue weighted by molar-refractivity contribution is 0.790. The molecule has 4 heteroatoms. The molecule has 100 valence electrons. The molecule has 0 fully saturated rings. The summed E-state index contributed by atoms with van der Waals surface area (Å²) in [5.41, 5.74) is 8.58. The third-order valence-electron chi connectivity index (χ3n) is 3.39. The van der Waals surface area contributed by atoms with Gasteiger partial charge in [0.05, 0.1) is 0 Å². The molecule has 1 atom stereocenters. The SMILES string of the molecule is Cc1nc(-c2nccc3ccccc23)ncc1[C@@H](C)N. The Balaban J connectivity index is 2.19. The fourth-order valence-corrected chi connectivity index (χ4v) is 2.34. The molecule has 2 N–H and O–H groups in total. The van der Waals surface area contributed by atoms with E-state index in [0.717, 1.165) is 27.7 Å². The minimum absolute atomic E-state index is 0.0653. The zero-order valence-electron chi connectivity index (χ0n) is 11.5. The van der Waals surface area contributed by atoms with E-state index in [1.165, 1.54) is 0 Å². The van der Waals surface area contributed by atoms with Gasteiger partial charge in [-0.3, -0.25) is 4.98 Å². The van der Waals surface area contributed by atoms with Crippen molar-refractivity contribution in [3.63, 3.8) is 0 Å².